The van der Waals surface area contributed by atoms with E-state index in [0.717, 1.165) is 12.0 Å². The Labute approximate surface area is 1000 Å². The largest absolute Gasteiger partial charge is 0.353 e. The molecule has 238 valence electrons. The molecule has 0 aliphatic rings. The fraction of sp³-hybridized carbons (Fsp3) is 0.400. The molecule has 0 aliphatic carbocycles. The minimum atomic E-state index is 0. The Morgan fingerprint density at radius 3 is 0.696 bits per heavy atom. The van der Waals surface area contributed by atoms with Gasteiger partial charge >= 0.3 is 0 Å². The van der Waals surface area contributed by atoms with E-state index in [9.17, 15) is 0 Å². The van der Waals surface area contributed by atoms with Gasteiger partial charge in [-0.25, -0.2) is 0 Å². The average molecular weight is 2710 g/mol. The topological polar surface area (TPSA) is 0 Å². The van der Waals surface area contributed by atoms with Gasteiger partial charge in [0.1, 0.15) is 0 Å². The summed E-state index contributed by atoms with van der Waals surface area (Å²) in [7, 11) is 0. The molecule has 26 heteroatoms. The SMILES string of the molecule is Cc1[c-]c(C)c(C)c(C)c1C.Cc1[c-]c(C)c(Cc2[c-]c(C)c(C)c(C)[c-]2)[c-]c1C.[Y].[Y].[Y].[Y].[Y].[Y].[Y].[Y].[Y].[Y].[Y].[Y].[Y].[Y].[Y].[Y].[Y].[Y].[Y].[Y].[Y].[Y].[Y].[Y].[Y].[Y]. The van der Waals surface area contributed by atoms with E-state index in [-0.39, 0.29) is 850 Å². The molecular weight excluding hydrogens is 2670 g/mol. The van der Waals surface area contributed by atoms with E-state index >= 15 is 0 Å². The predicted octanol–water partition coefficient (Wildman–Crippen LogP) is 7.29. The first-order valence-electron chi connectivity index (χ1n) is 10.7. The summed E-state index contributed by atoms with van der Waals surface area (Å²) in [5.41, 5.74) is 16.3. The molecule has 0 aromatic heterocycles. The maximum Gasteiger partial charge on any atom is 0 e. The monoisotopic (exact) mass is 2710 g/mol. The van der Waals surface area contributed by atoms with Gasteiger partial charge < -0.3 is 29.8 Å². The maximum absolute atomic E-state index is 3.47. The van der Waals surface area contributed by atoms with Crippen LogP contribution in [0.2, 0.25) is 0 Å². The molecule has 3 aromatic rings. The second-order valence-electron chi connectivity index (χ2n) is 8.63. The Bertz CT molecular complexity index is 1070. The molecule has 0 aliphatic heterocycles. The Hall–Kier alpha value is 26.4. The summed E-state index contributed by atoms with van der Waals surface area (Å²) in [6.45, 7) is 23.4. The summed E-state index contributed by atoms with van der Waals surface area (Å²) < 4.78 is 0. The number of benzene rings is 3. The number of hydrogen-bond donors (Lipinski definition) is 0. The van der Waals surface area contributed by atoms with Crippen LogP contribution in [0.5, 0.6) is 0 Å². The molecule has 0 N–H and O–H groups in total. The van der Waals surface area contributed by atoms with E-state index in [1.54, 1.807) is 0 Å². The van der Waals surface area contributed by atoms with Crippen LogP contribution in [0, 0.1) is 106 Å². The quantitative estimate of drug-likeness (QED) is 0.237. The van der Waals surface area contributed by atoms with Crippen LogP contribution in [-0.2, 0) is 857 Å². The second kappa shape index (κ2) is 103. The van der Waals surface area contributed by atoms with Gasteiger partial charge in [0.25, 0.3) is 0 Å². The summed E-state index contributed by atoms with van der Waals surface area (Å²) >= 11 is 0. The Kier molecular flexibility index (Phi) is 305. The summed E-state index contributed by atoms with van der Waals surface area (Å²) in [5.74, 6) is 0. The van der Waals surface area contributed by atoms with Gasteiger partial charge in [0.15, 0.2) is 0 Å². The molecule has 0 amide bonds. The molecule has 0 spiro atoms. The Morgan fingerprint density at radius 1 is 0.214 bits per heavy atom. The summed E-state index contributed by atoms with van der Waals surface area (Å²) in [6.07, 6.45) is 0.839. The van der Waals surface area contributed by atoms with E-state index in [2.05, 4.69) is 106 Å². The zero-order valence-electron chi connectivity index (χ0n) is 35.7. The second-order valence-corrected chi connectivity index (χ2v) is 8.63. The zero-order valence-corrected chi connectivity index (χ0v) is 110. The molecule has 0 nitrogen and oxygen atoms in total. The number of hydrogen-bond acceptors (Lipinski definition) is 0. The zero-order chi connectivity index (χ0) is 22.7. The van der Waals surface area contributed by atoms with Crippen LogP contribution >= 0.6 is 0 Å². The van der Waals surface area contributed by atoms with Gasteiger partial charge in [-0.05, 0) is 0 Å². The van der Waals surface area contributed by atoms with Gasteiger partial charge in [0.2, 0.25) is 0 Å². The van der Waals surface area contributed by atoms with Crippen molar-refractivity contribution >= 4 is 0 Å². The van der Waals surface area contributed by atoms with Crippen molar-refractivity contribution in [3.05, 3.63) is 103 Å². The van der Waals surface area contributed by atoms with E-state index in [1.165, 1.54) is 66.8 Å². The summed E-state index contributed by atoms with van der Waals surface area (Å²) in [4.78, 5) is 0. The molecule has 56 heavy (non-hydrogen) atoms. The van der Waals surface area contributed by atoms with Crippen molar-refractivity contribution in [3.8, 4) is 0 Å². The smallest absolute Gasteiger partial charge is 0 e. The van der Waals surface area contributed by atoms with E-state index < -0.39 is 0 Å². The third-order valence-corrected chi connectivity index (χ3v) is 6.51. The molecule has 0 bridgehead atoms. The first kappa shape index (κ1) is 166. The normalized spacial score (nSPS) is 5.70. The van der Waals surface area contributed by atoms with Crippen LogP contribution in [-0.4, -0.2) is 0 Å². The minimum Gasteiger partial charge on any atom is -0.353 e. The van der Waals surface area contributed by atoms with Crippen molar-refractivity contribution in [1.82, 2.24) is 0 Å². The molecule has 0 saturated heterocycles. The first-order valence-corrected chi connectivity index (χ1v) is 10.7. The molecule has 3 rings (SSSR count). The standard InChI is InChI=1S/C19H20.C11H15.26Y/c1-12-7-16(5)19(10-13(12)2)11-18-8-14(3)17(6)15(4)9-18;1-7-6-8(2)10(4)11(5)9(7)3;;;;;;;;;;;;;;;;;;;;;;;;;;/h11H2,1-6H3;1-5H3;;;;;;;;;;;;;;;;;;;;;;;;;;/q-4;-1;;;;;;;;;;;;;;;;;;;;;;;;;;. The van der Waals surface area contributed by atoms with Gasteiger partial charge in [-0.1, -0.05) is 48.5 Å². The fourth-order valence-electron chi connectivity index (χ4n) is 3.57. The molecule has 0 saturated carbocycles. The van der Waals surface area contributed by atoms with Gasteiger partial charge in [0, 0.05) is 850 Å². The molecule has 0 atom stereocenters. The van der Waals surface area contributed by atoms with Crippen molar-refractivity contribution in [2.75, 3.05) is 0 Å². The summed E-state index contributed by atoms with van der Waals surface area (Å²) in [5, 5.41) is 0. The van der Waals surface area contributed by atoms with Crippen LogP contribution in [0.1, 0.15) is 72.3 Å². The number of rotatable bonds is 2. The van der Waals surface area contributed by atoms with Crippen LogP contribution in [0.4, 0.5) is 0 Å². The van der Waals surface area contributed by atoms with Gasteiger partial charge in [-0.2, -0.15) is 33.9 Å². The average Bonchev–Trinajstić information content (AvgIpc) is 2.67. The van der Waals surface area contributed by atoms with Gasteiger partial charge in [0.05, 0.1) is 0 Å². The maximum atomic E-state index is 3.47. The molecule has 0 unspecified atom stereocenters. The van der Waals surface area contributed by atoms with Crippen LogP contribution in [0.15, 0.2) is 0 Å². The third kappa shape index (κ3) is 74.6. The van der Waals surface area contributed by atoms with Crippen molar-refractivity contribution in [2.45, 2.75) is 82.6 Å². The van der Waals surface area contributed by atoms with Gasteiger partial charge in [-0.3, -0.25) is 38.9 Å². The Balaban J connectivity index is -0.0000000106. The number of aryl methyl sites for hydroxylation is 7. The molecule has 0 fully saturated rings. The third-order valence-electron chi connectivity index (χ3n) is 6.51. The van der Waals surface area contributed by atoms with Crippen LogP contribution < -0.4 is 0 Å². The summed E-state index contributed by atoms with van der Waals surface area (Å²) in [6, 6.07) is 17.1. The predicted molar refractivity (Wildman–Crippen MR) is 128 cm³/mol. The first-order chi connectivity index (χ1) is 13.9. The van der Waals surface area contributed by atoms with E-state index in [0.29, 0.717) is 0 Å². The minimum absolute atomic E-state index is 0. The molecule has 26 radical (unpaired) electrons. The van der Waals surface area contributed by atoms with Crippen LogP contribution in [0.3, 0.4) is 0 Å². The molecule has 0 heterocycles. The molecular formula is C30H35Y26-5. The van der Waals surface area contributed by atoms with Crippen molar-refractivity contribution < 1.29 is 850 Å². The van der Waals surface area contributed by atoms with E-state index in [1.807, 2.05) is 0 Å². The van der Waals surface area contributed by atoms with Crippen LogP contribution in [0.25, 0.3) is 0 Å². The molecule has 3 aromatic carbocycles. The van der Waals surface area contributed by atoms with Crippen molar-refractivity contribution in [2.24, 2.45) is 0 Å². The van der Waals surface area contributed by atoms with Gasteiger partial charge in [-0.15, -0.1) is 34.1 Å². The van der Waals surface area contributed by atoms with Crippen molar-refractivity contribution in [3.63, 3.8) is 0 Å². The van der Waals surface area contributed by atoms with E-state index in [4.69, 9.17) is 0 Å². The Morgan fingerprint density at radius 2 is 0.429 bits per heavy atom. The van der Waals surface area contributed by atoms with Crippen molar-refractivity contribution in [1.29, 1.82) is 0 Å². The fourth-order valence-corrected chi connectivity index (χ4v) is 3.57.